The summed E-state index contributed by atoms with van der Waals surface area (Å²) in [6.07, 6.45) is 1.65. The van der Waals surface area contributed by atoms with Gasteiger partial charge in [0.1, 0.15) is 5.75 Å². The standard InChI is InChI=1S/C23H30N2O3Si/c1-23(2,3)29(6,7)28-15-16-11-19(17-9-8-10-18(13-17)26-4)22-20(12-16)25-21(27-5)14-24-22/h8-14H,15H2,1-7H3. The molecule has 0 radical (unpaired) electrons. The number of hydrogen-bond acceptors (Lipinski definition) is 5. The van der Waals surface area contributed by atoms with Crippen molar-refractivity contribution in [3.8, 4) is 22.8 Å². The van der Waals surface area contributed by atoms with Gasteiger partial charge in [-0.1, -0.05) is 32.9 Å². The third kappa shape index (κ3) is 4.59. The molecule has 0 amide bonds. The van der Waals surface area contributed by atoms with Gasteiger partial charge in [-0.3, -0.25) is 0 Å². The zero-order valence-corrected chi connectivity index (χ0v) is 19.4. The van der Waals surface area contributed by atoms with E-state index in [-0.39, 0.29) is 5.04 Å². The Hall–Kier alpha value is -2.44. The summed E-state index contributed by atoms with van der Waals surface area (Å²) in [5, 5.41) is 0.155. The summed E-state index contributed by atoms with van der Waals surface area (Å²) in [6.45, 7) is 11.8. The highest BCUT2D eigenvalue weighted by molar-refractivity contribution is 6.74. The van der Waals surface area contributed by atoms with Crippen molar-refractivity contribution in [1.82, 2.24) is 9.97 Å². The third-order valence-electron chi connectivity index (χ3n) is 5.68. The Bertz CT molecular complexity index is 1010. The van der Waals surface area contributed by atoms with Crippen LogP contribution in [-0.2, 0) is 11.0 Å². The number of ether oxygens (including phenoxy) is 2. The molecule has 0 N–H and O–H groups in total. The van der Waals surface area contributed by atoms with Crippen LogP contribution < -0.4 is 9.47 Å². The van der Waals surface area contributed by atoms with Crippen LogP contribution in [0.5, 0.6) is 11.6 Å². The maximum atomic E-state index is 6.46. The minimum atomic E-state index is -1.87. The number of benzene rings is 2. The van der Waals surface area contributed by atoms with Gasteiger partial charge in [-0.15, -0.1) is 0 Å². The van der Waals surface area contributed by atoms with Crippen molar-refractivity contribution in [3.05, 3.63) is 48.2 Å². The van der Waals surface area contributed by atoms with Crippen molar-refractivity contribution in [3.63, 3.8) is 0 Å². The molecular formula is C23H30N2O3Si. The smallest absolute Gasteiger partial charge is 0.232 e. The molecule has 154 valence electrons. The Morgan fingerprint density at radius 1 is 1.00 bits per heavy atom. The van der Waals surface area contributed by atoms with E-state index in [1.807, 2.05) is 24.3 Å². The van der Waals surface area contributed by atoms with Gasteiger partial charge in [-0.2, -0.15) is 0 Å². The number of rotatable bonds is 6. The highest BCUT2D eigenvalue weighted by atomic mass is 28.4. The van der Waals surface area contributed by atoms with E-state index < -0.39 is 8.32 Å². The number of aromatic nitrogens is 2. The second-order valence-electron chi connectivity index (χ2n) is 8.70. The lowest BCUT2D eigenvalue weighted by molar-refractivity contribution is 0.276. The van der Waals surface area contributed by atoms with E-state index in [1.165, 1.54) is 0 Å². The average Bonchev–Trinajstić information content (AvgIpc) is 2.70. The van der Waals surface area contributed by atoms with E-state index in [2.05, 4.69) is 56.0 Å². The van der Waals surface area contributed by atoms with Gasteiger partial charge < -0.3 is 13.9 Å². The first kappa shape index (κ1) is 21.3. The van der Waals surface area contributed by atoms with Crippen molar-refractivity contribution >= 4 is 19.4 Å². The van der Waals surface area contributed by atoms with Gasteiger partial charge in [0.25, 0.3) is 0 Å². The van der Waals surface area contributed by atoms with Gasteiger partial charge in [0.05, 0.1) is 38.1 Å². The highest BCUT2D eigenvalue weighted by Gasteiger charge is 2.37. The average molecular weight is 411 g/mol. The van der Waals surface area contributed by atoms with Crippen LogP contribution in [-0.4, -0.2) is 32.5 Å². The highest BCUT2D eigenvalue weighted by Crippen LogP contribution is 2.38. The molecule has 0 aliphatic rings. The number of nitrogens with zero attached hydrogens (tertiary/aromatic N) is 2. The zero-order valence-electron chi connectivity index (χ0n) is 18.4. The van der Waals surface area contributed by atoms with Crippen LogP contribution >= 0.6 is 0 Å². The summed E-state index contributed by atoms with van der Waals surface area (Å²) >= 11 is 0. The lowest BCUT2D eigenvalue weighted by Crippen LogP contribution is -2.40. The minimum Gasteiger partial charge on any atom is -0.497 e. The largest absolute Gasteiger partial charge is 0.497 e. The second-order valence-corrected chi connectivity index (χ2v) is 13.5. The zero-order chi connectivity index (χ0) is 21.2. The molecule has 0 aliphatic heterocycles. The number of methoxy groups -OCH3 is 2. The fourth-order valence-electron chi connectivity index (χ4n) is 2.84. The van der Waals surface area contributed by atoms with Crippen molar-refractivity contribution < 1.29 is 13.9 Å². The van der Waals surface area contributed by atoms with Gasteiger partial charge in [-0.05, 0) is 53.5 Å². The fraction of sp³-hybridized carbons (Fsp3) is 0.391. The van der Waals surface area contributed by atoms with Crippen molar-refractivity contribution in [2.24, 2.45) is 0 Å². The van der Waals surface area contributed by atoms with Gasteiger partial charge in [-0.25, -0.2) is 9.97 Å². The Morgan fingerprint density at radius 3 is 2.41 bits per heavy atom. The first-order chi connectivity index (χ1) is 13.6. The number of hydrogen-bond donors (Lipinski definition) is 0. The van der Waals surface area contributed by atoms with Gasteiger partial charge in [0.2, 0.25) is 5.88 Å². The predicted molar refractivity (Wildman–Crippen MR) is 120 cm³/mol. The van der Waals surface area contributed by atoms with Gasteiger partial charge in [0.15, 0.2) is 8.32 Å². The molecule has 0 atom stereocenters. The fourth-order valence-corrected chi connectivity index (χ4v) is 3.80. The summed E-state index contributed by atoms with van der Waals surface area (Å²) in [6, 6.07) is 12.2. The van der Waals surface area contributed by atoms with Crippen LogP contribution in [0.3, 0.4) is 0 Å². The molecule has 0 saturated carbocycles. The van der Waals surface area contributed by atoms with Crippen LogP contribution in [0.15, 0.2) is 42.6 Å². The normalized spacial score (nSPS) is 12.2. The SMILES string of the molecule is COc1cccc(-c2cc(CO[Si](C)(C)C(C)(C)C)cc3nc(OC)cnc23)c1. The first-order valence-corrected chi connectivity index (χ1v) is 12.7. The molecule has 0 spiro atoms. The third-order valence-corrected chi connectivity index (χ3v) is 10.2. The molecule has 3 rings (SSSR count). The van der Waals surface area contributed by atoms with Crippen molar-refractivity contribution in [2.45, 2.75) is 45.5 Å². The molecule has 1 heterocycles. The number of fused-ring (bicyclic) bond motifs is 1. The van der Waals surface area contributed by atoms with Crippen LogP contribution in [0.25, 0.3) is 22.2 Å². The van der Waals surface area contributed by atoms with Crippen LogP contribution in [0.2, 0.25) is 18.1 Å². The molecule has 2 aromatic carbocycles. The maximum Gasteiger partial charge on any atom is 0.232 e. The van der Waals surface area contributed by atoms with E-state index >= 15 is 0 Å². The summed E-state index contributed by atoms with van der Waals surface area (Å²) < 4.78 is 17.2. The monoisotopic (exact) mass is 410 g/mol. The topological polar surface area (TPSA) is 53.5 Å². The van der Waals surface area contributed by atoms with Crippen LogP contribution in [0.4, 0.5) is 0 Å². The second kappa shape index (κ2) is 8.12. The molecule has 0 fully saturated rings. The maximum absolute atomic E-state index is 6.46. The summed E-state index contributed by atoms with van der Waals surface area (Å²) in [7, 11) is 1.41. The van der Waals surface area contributed by atoms with E-state index in [4.69, 9.17) is 13.9 Å². The Balaban J connectivity index is 2.09. The molecule has 0 saturated heterocycles. The molecular weight excluding hydrogens is 380 g/mol. The lowest BCUT2D eigenvalue weighted by Gasteiger charge is -2.36. The molecule has 0 bridgehead atoms. The molecule has 1 aromatic heterocycles. The summed E-state index contributed by atoms with van der Waals surface area (Å²) in [4.78, 5) is 9.23. The van der Waals surface area contributed by atoms with Crippen LogP contribution in [0.1, 0.15) is 26.3 Å². The summed E-state index contributed by atoms with van der Waals surface area (Å²) in [5.41, 5.74) is 4.73. The van der Waals surface area contributed by atoms with E-state index in [9.17, 15) is 0 Å². The summed E-state index contributed by atoms with van der Waals surface area (Å²) in [5.74, 6) is 1.30. The molecule has 0 unspecified atom stereocenters. The van der Waals surface area contributed by atoms with Crippen LogP contribution in [0, 0.1) is 0 Å². The van der Waals surface area contributed by atoms with E-state index in [0.29, 0.717) is 12.5 Å². The Kier molecular flexibility index (Phi) is 5.96. The predicted octanol–water partition coefficient (Wildman–Crippen LogP) is 5.84. The Morgan fingerprint density at radius 2 is 1.76 bits per heavy atom. The van der Waals surface area contributed by atoms with Crippen molar-refractivity contribution in [1.29, 1.82) is 0 Å². The van der Waals surface area contributed by atoms with Gasteiger partial charge >= 0.3 is 0 Å². The minimum absolute atomic E-state index is 0.155. The van der Waals surface area contributed by atoms with E-state index in [0.717, 1.165) is 33.5 Å². The molecule has 6 heteroatoms. The van der Waals surface area contributed by atoms with Crippen molar-refractivity contribution in [2.75, 3.05) is 14.2 Å². The van der Waals surface area contributed by atoms with E-state index in [1.54, 1.807) is 20.4 Å². The quantitative estimate of drug-likeness (QED) is 0.478. The first-order valence-electron chi connectivity index (χ1n) is 9.76. The lowest BCUT2D eigenvalue weighted by atomic mass is 10.0. The Labute approximate surface area is 174 Å². The molecule has 3 aromatic rings. The molecule has 5 nitrogen and oxygen atoms in total. The molecule has 29 heavy (non-hydrogen) atoms. The van der Waals surface area contributed by atoms with Gasteiger partial charge in [0, 0.05) is 5.56 Å². The molecule has 0 aliphatic carbocycles.